The molecule has 654 valence electrons. The van der Waals surface area contributed by atoms with Crippen LogP contribution in [0.3, 0.4) is 0 Å². The summed E-state index contributed by atoms with van der Waals surface area (Å²) in [5.74, 6) is -185. The number of hydrogen-bond donors (Lipinski definition) is 0. The normalized spacial score (nSPS) is 15.4. The van der Waals surface area contributed by atoms with Gasteiger partial charge >= 0.3 is 143 Å². The number of hydrogen-bond acceptors (Lipinski definition) is 6. The number of benzene rings is 1. The van der Waals surface area contributed by atoms with Crippen LogP contribution in [0.25, 0.3) is 33.9 Å². The van der Waals surface area contributed by atoms with Crippen LogP contribution in [0, 0.1) is 0 Å². The molecule has 0 bridgehead atoms. The Morgan fingerprint density at radius 2 is 0.430 bits per heavy atom. The van der Waals surface area contributed by atoms with Gasteiger partial charge in [0.2, 0.25) is 5.75 Å². The predicted molar refractivity (Wildman–Crippen MR) is 276 cm³/mol. The second kappa shape index (κ2) is 30.8. The Balaban J connectivity index is 1.91. The van der Waals surface area contributed by atoms with E-state index in [0.717, 1.165) is 36.7 Å². The lowest BCUT2D eigenvalue weighted by Crippen LogP contribution is -2.74. The maximum absolute atomic E-state index is 15.0. The highest BCUT2D eigenvalue weighted by Crippen LogP contribution is 2.69. The Kier molecular flexibility index (Phi) is 26.7. The first-order valence-corrected chi connectivity index (χ1v) is 29.5. The van der Waals surface area contributed by atoms with E-state index < -0.39 is 249 Å². The van der Waals surface area contributed by atoms with E-state index in [2.05, 4.69) is 15.0 Å². The minimum absolute atomic E-state index is 0.202. The fourth-order valence-corrected chi connectivity index (χ4v) is 9.03. The third kappa shape index (κ3) is 16.0. The molecule has 4 rings (SSSR count). The predicted octanol–water partition coefficient (Wildman–Crippen LogP) is 24.5. The zero-order valence-corrected chi connectivity index (χ0v) is 53.8. The molecule has 0 fully saturated rings. The molecule has 0 spiro atoms. The van der Waals surface area contributed by atoms with Crippen molar-refractivity contribution in [3.63, 3.8) is 0 Å². The van der Waals surface area contributed by atoms with Crippen molar-refractivity contribution in [1.29, 1.82) is 0 Å². The SMILES string of the molecule is FC(F)(F)C(F)(F)C(F)(F)C(F)(F)C(F)(F)C(F)(F)C(F)(F)C(F)(F)CCCCOc1cc(-c2cc(-c3ccccn3)nc(-c3ccccn3)c2)cc(OCCCCC(F)(F)C(F)(F)C(F)(F)C(F)(F)C(F)(F)C(F)(F)C(F)(F)C(F)(F)F)c1OCCCCC(F)(F)C(F)(F)C(F)(F)C(F)(F)C(F)(F)C(F)(F)C(F)(F)C(F)(F)F. The molecule has 114 heavy (non-hydrogen) atoms. The monoisotopic (exact) mass is 1780 g/mol. The Morgan fingerprint density at radius 3 is 0.649 bits per heavy atom. The summed E-state index contributed by atoms with van der Waals surface area (Å²) >= 11 is 0. The number of unbranched alkanes of at least 4 members (excludes halogenated alkanes) is 3. The Labute approximate surface area is 597 Å². The first-order chi connectivity index (χ1) is 50.4. The van der Waals surface area contributed by atoms with Gasteiger partial charge in [-0.15, -0.1) is 0 Å². The zero-order chi connectivity index (χ0) is 89.4. The second-order valence-corrected chi connectivity index (χ2v) is 23.7. The molecule has 0 N–H and O–H groups in total. The molecule has 0 unspecified atom stereocenters. The summed E-state index contributed by atoms with van der Waals surface area (Å²) in [6, 6.07) is 9.82. The number of rotatable bonds is 39. The lowest BCUT2D eigenvalue weighted by molar-refractivity contribution is -0.461. The van der Waals surface area contributed by atoms with Gasteiger partial charge in [0, 0.05) is 31.7 Å². The van der Waals surface area contributed by atoms with Crippen molar-refractivity contribution >= 4 is 0 Å². The quantitative estimate of drug-likeness (QED) is 0.0328. The largest absolute Gasteiger partial charge is 0.490 e. The van der Waals surface area contributed by atoms with Gasteiger partial charge in [0.05, 0.1) is 42.6 Å². The molecule has 0 saturated carbocycles. The van der Waals surface area contributed by atoms with Gasteiger partial charge in [-0.1, -0.05) is 12.1 Å². The third-order valence-electron chi connectivity index (χ3n) is 15.8. The van der Waals surface area contributed by atoms with Crippen LogP contribution in [0.1, 0.15) is 57.8 Å². The van der Waals surface area contributed by atoms with Crippen molar-refractivity contribution in [3.05, 3.63) is 73.1 Å². The lowest BCUT2D eigenvalue weighted by atomic mass is 9.88. The van der Waals surface area contributed by atoms with Gasteiger partial charge in [-0.05, 0) is 98.2 Å². The second-order valence-electron chi connectivity index (χ2n) is 23.7. The van der Waals surface area contributed by atoms with Crippen molar-refractivity contribution in [3.8, 4) is 51.2 Å². The maximum atomic E-state index is 15.0. The first kappa shape index (κ1) is 98.9. The van der Waals surface area contributed by atoms with Crippen molar-refractivity contribution in [2.45, 2.75) is 201 Å². The molecule has 6 nitrogen and oxygen atoms in total. The number of alkyl halides is 51. The van der Waals surface area contributed by atoms with Gasteiger partial charge in [0.1, 0.15) is 0 Å². The Bertz CT molecular complexity index is 3720. The Morgan fingerprint density at radius 1 is 0.219 bits per heavy atom. The van der Waals surface area contributed by atoms with Gasteiger partial charge in [0.15, 0.2) is 11.5 Å². The number of nitrogens with zero attached hydrogens (tertiary/aromatic N) is 3. The molecule has 3 heterocycles. The fourth-order valence-electron chi connectivity index (χ4n) is 9.03. The fraction of sp³-hybridized carbons (Fsp3) is 0.632. The molecule has 0 aliphatic rings. The van der Waals surface area contributed by atoms with E-state index in [9.17, 15) is 224 Å². The van der Waals surface area contributed by atoms with Crippen molar-refractivity contribution < 1.29 is 238 Å². The van der Waals surface area contributed by atoms with Crippen molar-refractivity contribution in [2.75, 3.05) is 19.8 Å². The highest BCUT2D eigenvalue weighted by Gasteiger charge is 2.98. The molecular weight excluding hydrogens is 1740 g/mol. The topological polar surface area (TPSA) is 66.4 Å². The molecular formula is C57H36F51N3O3. The molecule has 0 saturated heterocycles. The van der Waals surface area contributed by atoms with Crippen molar-refractivity contribution in [2.24, 2.45) is 0 Å². The first-order valence-electron chi connectivity index (χ1n) is 29.5. The smallest absolute Gasteiger partial charge is 0.460 e. The Hall–Kier alpha value is -7.50. The summed E-state index contributed by atoms with van der Waals surface area (Å²) in [4.78, 5) is 12.2. The van der Waals surface area contributed by atoms with E-state index in [0.29, 0.717) is 12.1 Å². The van der Waals surface area contributed by atoms with E-state index in [1.54, 1.807) is 0 Å². The van der Waals surface area contributed by atoms with Crippen LogP contribution in [0.5, 0.6) is 17.2 Å². The summed E-state index contributed by atoms with van der Waals surface area (Å²) < 4.78 is 729. The average molecular weight is 1780 g/mol. The molecule has 0 amide bonds. The van der Waals surface area contributed by atoms with Crippen LogP contribution < -0.4 is 14.2 Å². The number of halogens is 51. The summed E-state index contributed by atoms with van der Waals surface area (Å²) in [5, 5.41) is 0. The maximum Gasteiger partial charge on any atom is 0.460 e. The summed E-state index contributed by atoms with van der Waals surface area (Å²) in [5.41, 5.74) is -2.35. The van der Waals surface area contributed by atoms with Crippen LogP contribution >= 0.6 is 0 Å². The van der Waals surface area contributed by atoms with Crippen LogP contribution in [0.15, 0.2) is 73.1 Å². The van der Waals surface area contributed by atoms with E-state index in [1.807, 2.05) is 0 Å². The minimum Gasteiger partial charge on any atom is -0.490 e. The van der Waals surface area contributed by atoms with Gasteiger partial charge in [0.25, 0.3) is 0 Å². The van der Waals surface area contributed by atoms with E-state index >= 15 is 0 Å². The standard InChI is InChI=1S/C57H36F51N3O3/c58-34(59,37(64,65)40(70,71)43(76,77)46(82,83)49(88,89)52(94,95)55(100,101)102)13-3-8-18-112-31-23-26(25-21-29(27-11-1-6-16-109-27)111-30(22-25)28-12-2-7-17-110-28)24-32(113-19-9-4-14-35(60,61)38(66,67)41(72,73)44(78,79)47(84,85)50(90,91)53(96,97)56(103,104)105)33(31)114-20-10-5-15-36(62,63)39(68,69)42(74,75)45(80,81)48(86,87)51(92,93)54(98,99)57(106,107)108/h1-2,6-7,11-12,16-17,21-24H,3-5,8-10,13-15,18-20H2. The van der Waals surface area contributed by atoms with Gasteiger partial charge in [-0.25, -0.2) is 4.98 Å². The van der Waals surface area contributed by atoms with E-state index in [-0.39, 0.29) is 22.8 Å². The van der Waals surface area contributed by atoms with Gasteiger partial charge < -0.3 is 14.2 Å². The third-order valence-corrected chi connectivity index (χ3v) is 15.8. The number of ether oxygens (including phenoxy) is 3. The summed E-state index contributed by atoms with van der Waals surface area (Å²) in [6.45, 7) is -5.32. The lowest BCUT2D eigenvalue weighted by Gasteiger charge is -2.42. The van der Waals surface area contributed by atoms with Crippen LogP contribution in [-0.4, -0.2) is 178 Å². The van der Waals surface area contributed by atoms with E-state index in [4.69, 9.17) is 14.2 Å². The molecule has 0 radical (unpaired) electrons. The molecule has 3 aromatic heterocycles. The minimum atomic E-state index is -9.14. The van der Waals surface area contributed by atoms with Gasteiger partial charge in [-0.3, -0.25) is 9.97 Å². The molecule has 0 aliphatic heterocycles. The molecule has 57 heteroatoms. The molecule has 1 aromatic carbocycles. The number of aromatic nitrogens is 3. The number of pyridine rings is 3. The zero-order valence-electron chi connectivity index (χ0n) is 53.8. The van der Waals surface area contributed by atoms with Crippen LogP contribution in [-0.2, 0) is 0 Å². The molecule has 0 atom stereocenters. The summed E-state index contributed by atoms with van der Waals surface area (Å²) in [6.07, 6.45) is -43.7. The highest BCUT2D eigenvalue weighted by molar-refractivity contribution is 5.77. The summed E-state index contributed by atoms with van der Waals surface area (Å²) in [7, 11) is 0. The van der Waals surface area contributed by atoms with Crippen LogP contribution in [0.2, 0.25) is 0 Å². The van der Waals surface area contributed by atoms with E-state index in [1.165, 1.54) is 24.3 Å². The molecule has 0 aliphatic carbocycles. The van der Waals surface area contributed by atoms with Crippen LogP contribution in [0.4, 0.5) is 224 Å². The van der Waals surface area contributed by atoms with Gasteiger partial charge in [-0.2, -0.15) is 224 Å². The van der Waals surface area contributed by atoms with Crippen molar-refractivity contribution in [1.82, 2.24) is 15.0 Å². The average Bonchev–Trinajstić information content (AvgIpc) is 0.704. The molecule has 4 aromatic rings. The highest BCUT2D eigenvalue weighted by atomic mass is 19.5.